The quantitative estimate of drug-likeness (QED) is 0.261. The third-order valence-corrected chi connectivity index (χ3v) is 7.44. The number of carbonyl (C=O) groups is 2. The highest BCUT2D eigenvalue weighted by molar-refractivity contribution is 6.31. The van der Waals surface area contributed by atoms with Gasteiger partial charge in [-0.1, -0.05) is 16.8 Å². The normalized spacial score (nSPS) is 17.5. The van der Waals surface area contributed by atoms with Gasteiger partial charge in [-0.3, -0.25) is 9.48 Å². The van der Waals surface area contributed by atoms with Crippen LogP contribution in [0.2, 0.25) is 5.02 Å². The fraction of sp³-hybridized carbons (Fsp3) is 0.375. The molecule has 4 heterocycles. The minimum Gasteiger partial charge on any atom is -0.479 e. The van der Waals surface area contributed by atoms with Gasteiger partial charge in [0.1, 0.15) is 28.4 Å². The number of nitrogens with zero attached hydrogens (tertiary/aromatic N) is 7. The van der Waals surface area contributed by atoms with E-state index in [0.717, 1.165) is 9.36 Å². The molecule has 0 aliphatic carbocycles. The maximum atomic E-state index is 13.7. The summed E-state index contributed by atoms with van der Waals surface area (Å²) in [5.41, 5.74) is 3.54. The molecular formula is C24H21ClF5N9O3. The van der Waals surface area contributed by atoms with E-state index in [1.54, 1.807) is 0 Å². The molecule has 18 heteroatoms. The number of anilines is 2. The van der Waals surface area contributed by atoms with E-state index in [2.05, 4.69) is 30.7 Å². The molecule has 1 aliphatic rings. The molecule has 0 bridgehead atoms. The fourth-order valence-corrected chi connectivity index (χ4v) is 4.66. The number of fused-ring (bicyclic) bond motifs is 2. The number of nitrogens with one attached hydrogen (secondary N) is 1. The maximum Gasteiger partial charge on any atom is 0.453 e. The first-order chi connectivity index (χ1) is 19.4. The van der Waals surface area contributed by atoms with E-state index in [0.29, 0.717) is 0 Å². The lowest BCUT2D eigenvalue weighted by Crippen LogP contribution is -2.37. The molecule has 1 amide bonds. The average Bonchev–Trinajstić information content (AvgIpc) is 3.58. The van der Waals surface area contributed by atoms with Gasteiger partial charge in [-0.15, -0.1) is 5.10 Å². The van der Waals surface area contributed by atoms with E-state index < -0.39 is 47.9 Å². The van der Waals surface area contributed by atoms with Crippen LogP contribution in [0.1, 0.15) is 38.4 Å². The average molecular weight is 614 g/mol. The SMILES string of the molecule is CC(C)(C(=O)O)n1cc([C@@]2(C)C(=O)Nc3nc(-c4nn(CCC(F)(F)C(F)(F)F)c5cc(Cl)ccc45)nc(N)c32)nn1. The Balaban J connectivity index is 1.58. The predicted molar refractivity (Wildman–Crippen MR) is 138 cm³/mol. The van der Waals surface area contributed by atoms with Crippen LogP contribution < -0.4 is 11.1 Å². The number of halogens is 6. The summed E-state index contributed by atoms with van der Waals surface area (Å²) in [7, 11) is 0. The number of rotatable bonds is 7. The molecule has 1 atom stereocenters. The van der Waals surface area contributed by atoms with Gasteiger partial charge in [0.25, 0.3) is 0 Å². The Bertz CT molecular complexity index is 1770. The molecule has 0 saturated heterocycles. The lowest BCUT2D eigenvalue weighted by atomic mass is 9.81. The van der Waals surface area contributed by atoms with Crippen molar-refractivity contribution in [2.75, 3.05) is 11.1 Å². The third kappa shape index (κ3) is 4.38. The zero-order valence-electron chi connectivity index (χ0n) is 22.0. The zero-order valence-corrected chi connectivity index (χ0v) is 22.7. The maximum absolute atomic E-state index is 13.7. The molecule has 0 saturated carbocycles. The molecule has 1 aliphatic heterocycles. The van der Waals surface area contributed by atoms with Gasteiger partial charge < -0.3 is 16.2 Å². The van der Waals surface area contributed by atoms with E-state index in [1.807, 2.05) is 0 Å². The fourth-order valence-electron chi connectivity index (χ4n) is 4.49. The summed E-state index contributed by atoms with van der Waals surface area (Å²) in [4.78, 5) is 33.5. The Kier molecular flexibility index (Phi) is 6.44. The van der Waals surface area contributed by atoms with Crippen LogP contribution in [0.3, 0.4) is 0 Å². The van der Waals surface area contributed by atoms with Crippen molar-refractivity contribution in [2.24, 2.45) is 0 Å². The van der Waals surface area contributed by atoms with Gasteiger partial charge >= 0.3 is 18.1 Å². The predicted octanol–water partition coefficient (Wildman–Crippen LogP) is 3.99. The van der Waals surface area contributed by atoms with Gasteiger partial charge in [-0.25, -0.2) is 19.4 Å². The van der Waals surface area contributed by atoms with Crippen LogP contribution in [0.5, 0.6) is 0 Å². The first kappa shape index (κ1) is 29.1. The van der Waals surface area contributed by atoms with E-state index >= 15 is 0 Å². The van der Waals surface area contributed by atoms with Crippen molar-refractivity contribution in [3.8, 4) is 11.5 Å². The van der Waals surface area contributed by atoms with Gasteiger partial charge in [-0.2, -0.15) is 27.1 Å². The summed E-state index contributed by atoms with van der Waals surface area (Å²) in [6.45, 7) is 3.44. The number of carboxylic acid groups (broad SMARTS) is 1. The minimum absolute atomic E-state index is 0.0107. The van der Waals surface area contributed by atoms with Crippen LogP contribution in [-0.4, -0.2) is 63.8 Å². The molecule has 0 radical (unpaired) electrons. The third-order valence-electron chi connectivity index (χ3n) is 7.20. The number of hydrogen-bond acceptors (Lipinski definition) is 8. The molecule has 4 aromatic rings. The van der Waals surface area contributed by atoms with Crippen molar-refractivity contribution in [3.63, 3.8) is 0 Å². The molecule has 0 spiro atoms. The highest BCUT2D eigenvalue weighted by Gasteiger charge is 2.57. The summed E-state index contributed by atoms with van der Waals surface area (Å²) < 4.78 is 67.7. The van der Waals surface area contributed by atoms with Gasteiger partial charge in [0.05, 0.1) is 17.3 Å². The Labute approximate surface area is 237 Å². The van der Waals surface area contributed by atoms with Crippen molar-refractivity contribution >= 4 is 46.0 Å². The van der Waals surface area contributed by atoms with Crippen molar-refractivity contribution in [1.29, 1.82) is 0 Å². The zero-order chi connectivity index (χ0) is 31.0. The van der Waals surface area contributed by atoms with Crippen molar-refractivity contribution < 1.29 is 36.6 Å². The van der Waals surface area contributed by atoms with Crippen molar-refractivity contribution in [1.82, 2.24) is 34.7 Å². The number of nitrogens with two attached hydrogens (primary N) is 1. The Morgan fingerprint density at radius 3 is 2.52 bits per heavy atom. The van der Waals surface area contributed by atoms with Gasteiger partial charge in [0, 0.05) is 23.4 Å². The van der Waals surface area contributed by atoms with E-state index in [9.17, 15) is 36.6 Å². The summed E-state index contributed by atoms with van der Waals surface area (Å²) in [5, 5.41) is 24.6. The second-order valence-electron chi connectivity index (χ2n) is 10.3. The number of aromatic nitrogens is 7. The van der Waals surface area contributed by atoms with Crippen LogP contribution in [0.4, 0.5) is 33.6 Å². The van der Waals surface area contributed by atoms with Crippen molar-refractivity contribution in [3.05, 3.63) is 40.7 Å². The topological polar surface area (TPSA) is 167 Å². The first-order valence-corrected chi connectivity index (χ1v) is 12.5. The minimum atomic E-state index is -5.74. The standard InChI is InChI=1S/C24H21ClF5N9O3/c1-21(2,20(41)42)39-9-13(35-37-39)22(3)14-16(31)32-18(33-17(14)34-19(22)40)15-11-5-4-10(25)8-12(11)38(36-15)7-6-23(26,27)24(28,29)30/h4-5,8-9H,6-7H2,1-3H3,(H,41,42)(H3,31,32,33,34,40)/t22-/m1/s1. The molecule has 0 fully saturated rings. The molecule has 222 valence electrons. The number of carboxylic acids is 1. The molecule has 12 nitrogen and oxygen atoms in total. The van der Waals surface area contributed by atoms with Crippen molar-refractivity contribution in [2.45, 2.75) is 56.8 Å². The molecule has 0 unspecified atom stereocenters. The van der Waals surface area contributed by atoms with E-state index in [-0.39, 0.29) is 50.3 Å². The highest BCUT2D eigenvalue weighted by Crippen LogP contribution is 2.45. The van der Waals surface area contributed by atoms with Crippen LogP contribution in [0.15, 0.2) is 24.4 Å². The smallest absolute Gasteiger partial charge is 0.453 e. The van der Waals surface area contributed by atoms with Crippen LogP contribution in [0.25, 0.3) is 22.4 Å². The lowest BCUT2D eigenvalue weighted by Gasteiger charge is -2.21. The van der Waals surface area contributed by atoms with E-state index in [4.69, 9.17) is 17.3 Å². The van der Waals surface area contributed by atoms with Gasteiger partial charge in [0.2, 0.25) is 5.91 Å². The monoisotopic (exact) mass is 613 g/mol. The summed E-state index contributed by atoms with van der Waals surface area (Å²) in [6.07, 6.45) is -6.03. The number of nitrogen functional groups attached to an aromatic ring is 1. The Hall–Kier alpha value is -4.41. The molecule has 42 heavy (non-hydrogen) atoms. The number of amides is 1. The molecular weight excluding hydrogens is 593 g/mol. The lowest BCUT2D eigenvalue weighted by molar-refractivity contribution is -0.285. The number of aryl methyl sites for hydroxylation is 1. The second-order valence-corrected chi connectivity index (χ2v) is 10.8. The number of carbonyl (C=O) groups excluding carboxylic acids is 1. The van der Waals surface area contributed by atoms with Crippen LogP contribution in [0, 0.1) is 0 Å². The summed E-state index contributed by atoms with van der Waals surface area (Å²) in [6, 6.07) is 4.27. The van der Waals surface area contributed by atoms with E-state index in [1.165, 1.54) is 45.2 Å². The number of hydrogen-bond donors (Lipinski definition) is 3. The number of aliphatic carboxylic acids is 1. The Morgan fingerprint density at radius 2 is 1.88 bits per heavy atom. The molecule has 4 N–H and O–H groups in total. The number of benzene rings is 1. The van der Waals surface area contributed by atoms with Gasteiger partial charge in [0.15, 0.2) is 11.4 Å². The number of alkyl halides is 5. The molecule has 5 rings (SSSR count). The van der Waals surface area contributed by atoms with Gasteiger partial charge in [-0.05, 0) is 39.0 Å². The molecule has 3 aromatic heterocycles. The van der Waals surface area contributed by atoms with Crippen LogP contribution in [-0.2, 0) is 27.1 Å². The second kappa shape index (κ2) is 9.30. The Morgan fingerprint density at radius 1 is 1.19 bits per heavy atom. The highest BCUT2D eigenvalue weighted by atomic mass is 35.5. The largest absolute Gasteiger partial charge is 0.479 e. The molecule has 1 aromatic carbocycles. The summed E-state index contributed by atoms with van der Waals surface area (Å²) >= 11 is 6.05. The summed E-state index contributed by atoms with van der Waals surface area (Å²) in [5.74, 6) is -7.15. The van der Waals surface area contributed by atoms with Crippen LogP contribution >= 0.6 is 11.6 Å². The first-order valence-electron chi connectivity index (χ1n) is 12.1.